The molecule has 1 atom stereocenters. The van der Waals surface area contributed by atoms with Crippen LogP contribution in [0.15, 0.2) is 60.7 Å². The Morgan fingerprint density at radius 3 is 2.14 bits per heavy atom. The third-order valence-electron chi connectivity index (χ3n) is 4.74. The van der Waals surface area contributed by atoms with Gasteiger partial charge in [-0.25, -0.2) is 8.78 Å². The second-order valence-corrected chi connectivity index (χ2v) is 7.45. The topological polar surface area (TPSA) is 126 Å². The molecule has 0 aliphatic rings. The van der Waals surface area contributed by atoms with Crippen molar-refractivity contribution in [3.63, 3.8) is 0 Å². The quantitative estimate of drug-likeness (QED) is 0.351. The molecule has 11 heteroatoms. The number of hydrazine groups is 1. The highest BCUT2D eigenvalue weighted by molar-refractivity contribution is 6.05. The Kier molecular flexibility index (Phi) is 8.39. The molecule has 3 rings (SSSR count). The van der Waals surface area contributed by atoms with E-state index in [1.54, 1.807) is 24.3 Å². The standard InChI is InChI=1S/C25H23F2N3O6/c1-3-35-19-5-7-20(8-6-19)36-14(2)23(32)29-30-25(34)21-9-4-18(13-22(21)31)28-24(33)15-10-16(26)12-17(27)11-15/h4-14,31H,3H2,1-2H3,(H,28,33)(H,29,32)(H,30,34). The van der Waals surface area contributed by atoms with Gasteiger partial charge in [0, 0.05) is 23.4 Å². The molecule has 0 radical (unpaired) electrons. The van der Waals surface area contributed by atoms with Crippen LogP contribution in [-0.4, -0.2) is 35.5 Å². The summed E-state index contributed by atoms with van der Waals surface area (Å²) in [6, 6.07) is 12.5. The van der Waals surface area contributed by atoms with Crippen LogP contribution in [0.3, 0.4) is 0 Å². The zero-order chi connectivity index (χ0) is 26.2. The van der Waals surface area contributed by atoms with Gasteiger partial charge in [-0.2, -0.15) is 0 Å². The minimum atomic E-state index is -0.956. The number of aromatic hydroxyl groups is 1. The molecule has 188 valence electrons. The number of nitrogens with one attached hydrogen (secondary N) is 3. The van der Waals surface area contributed by atoms with E-state index in [-0.39, 0.29) is 16.8 Å². The average molecular weight is 499 g/mol. The van der Waals surface area contributed by atoms with Crippen molar-refractivity contribution in [3.8, 4) is 17.2 Å². The molecule has 3 aromatic rings. The lowest BCUT2D eigenvalue weighted by molar-refractivity contribution is -0.128. The van der Waals surface area contributed by atoms with Crippen LogP contribution < -0.4 is 25.6 Å². The smallest absolute Gasteiger partial charge is 0.279 e. The summed E-state index contributed by atoms with van der Waals surface area (Å²) in [6.45, 7) is 3.86. The van der Waals surface area contributed by atoms with Crippen LogP contribution >= 0.6 is 0 Å². The van der Waals surface area contributed by atoms with Gasteiger partial charge in [-0.05, 0) is 62.4 Å². The van der Waals surface area contributed by atoms with E-state index < -0.39 is 41.2 Å². The number of carbonyl (C=O) groups excluding carboxylic acids is 3. The first-order valence-electron chi connectivity index (χ1n) is 10.8. The monoisotopic (exact) mass is 499 g/mol. The highest BCUT2D eigenvalue weighted by atomic mass is 19.1. The minimum absolute atomic E-state index is 0.0696. The summed E-state index contributed by atoms with van der Waals surface area (Å²) in [5.74, 6) is -3.58. The van der Waals surface area contributed by atoms with E-state index in [0.29, 0.717) is 24.2 Å². The first-order valence-corrected chi connectivity index (χ1v) is 10.8. The molecule has 0 fully saturated rings. The van der Waals surface area contributed by atoms with Crippen LogP contribution in [0.4, 0.5) is 14.5 Å². The molecule has 0 aliphatic heterocycles. The van der Waals surface area contributed by atoms with Gasteiger partial charge in [0.25, 0.3) is 17.7 Å². The Hall–Kier alpha value is -4.67. The largest absolute Gasteiger partial charge is 0.507 e. The lowest BCUT2D eigenvalue weighted by Crippen LogP contribution is -2.47. The van der Waals surface area contributed by atoms with E-state index in [4.69, 9.17) is 9.47 Å². The summed E-state index contributed by atoms with van der Waals surface area (Å²) in [6.07, 6.45) is -0.956. The molecule has 36 heavy (non-hydrogen) atoms. The Balaban J connectivity index is 1.54. The maximum atomic E-state index is 13.3. The van der Waals surface area contributed by atoms with E-state index in [1.807, 2.05) is 6.92 Å². The number of phenols is 1. The second-order valence-electron chi connectivity index (χ2n) is 7.45. The molecule has 0 spiro atoms. The summed E-state index contributed by atoms with van der Waals surface area (Å²) in [5, 5.41) is 12.5. The lowest BCUT2D eigenvalue weighted by atomic mass is 10.1. The molecule has 0 aliphatic carbocycles. The van der Waals surface area contributed by atoms with Crippen molar-refractivity contribution in [2.45, 2.75) is 20.0 Å². The van der Waals surface area contributed by atoms with E-state index in [2.05, 4.69) is 16.2 Å². The molecule has 0 bridgehead atoms. The Labute approximate surface area is 205 Å². The summed E-state index contributed by atoms with van der Waals surface area (Å²) in [4.78, 5) is 36.8. The van der Waals surface area contributed by atoms with Crippen LogP contribution in [0.5, 0.6) is 17.2 Å². The summed E-state index contributed by atoms with van der Waals surface area (Å²) in [7, 11) is 0. The molecule has 3 amide bonds. The van der Waals surface area contributed by atoms with E-state index >= 15 is 0 Å². The SMILES string of the molecule is CCOc1ccc(OC(C)C(=O)NNC(=O)c2ccc(NC(=O)c3cc(F)cc(F)c3)cc2O)cc1. The predicted octanol–water partition coefficient (Wildman–Crippen LogP) is 3.55. The normalized spacial score (nSPS) is 11.2. The number of benzene rings is 3. The zero-order valence-electron chi connectivity index (χ0n) is 19.3. The molecule has 9 nitrogen and oxygen atoms in total. The van der Waals surface area contributed by atoms with E-state index in [9.17, 15) is 28.3 Å². The first-order chi connectivity index (χ1) is 17.2. The predicted molar refractivity (Wildman–Crippen MR) is 126 cm³/mol. The van der Waals surface area contributed by atoms with Crippen molar-refractivity contribution < 1.29 is 37.7 Å². The van der Waals surface area contributed by atoms with Gasteiger partial charge in [0.1, 0.15) is 28.9 Å². The molecule has 0 heterocycles. The van der Waals surface area contributed by atoms with Crippen molar-refractivity contribution in [3.05, 3.63) is 83.4 Å². The minimum Gasteiger partial charge on any atom is -0.507 e. The number of hydrogen-bond donors (Lipinski definition) is 4. The van der Waals surface area contributed by atoms with Crippen LogP contribution in [-0.2, 0) is 4.79 Å². The van der Waals surface area contributed by atoms with Crippen molar-refractivity contribution in [1.82, 2.24) is 10.9 Å². The summed E-state index contributed by atoms with van der Waals surface area (Å²) < 4.78 is 37.5. The van der Waals surface area contributed by atoms with Gasteiger partial charge < -0.3 is 19.9 Å². The number of halogens is 2. The van der Waals surface area contributed by atoms with Crippen molar-refractivity contribution >= 4 is 23.4 Å². The lowest BCUT2D eigenvalue weighted by Gasteiger charge is -2.16. The van der Waals surface area contributed by atoms with Gasteiger partial charge in [-0.15, -0.1) is 0 Å². The molecular weight excluding hydrogens is 476 g/mol. The number of hydrogen-bond acceptors (Lipinski definition) is 6. The fraction of sp³-hybridized carbons (Fsp3) is 0.160. The Morgan fingerprint density at radius 2 is 1.53 bits per heavy atom. The molecule has 0 saturated carbocycles. The molecule has 3 aromatic carbocycles. The highest BCUT2D eigenvalue weighted by Gasteiger charge is 2.18. The van der Waals surface area contributed by atoms with Gasteiger partial charge in [0.05, 0.1) is 12.2 Å². The maximum Gasteiger partial charge on any atom is 0.279 e. The number of amides is 3. The molecular formula is C25H23F2N3O6. The number of carbonyl (C=O) groups is 3. The number of rotatable bonds is 8. The van der Waals surface area contributed by atoms with Crippen LogP contribution in [0.2, 0.25) is 0 Å². The highest BCUT2D eigenvalue weighted by Crippen LogP contribution is 2.23. The van der Waals surface area contributed by atoms with E-state index in [1.165, 1.54) is 19.1 Å². The number of anilines is 1. The van der Waals surface area contributed by atoms with Crippen LogP contribution in [0.25, 0.3) is 0 Å². The van der Waals surface area contributed by atoms with Crippen molar-refractivity contribution in [1.29, 1.82) is 0 Å². The fourth-order valence-corrected chi connectivity index (χ4v) is 3.02. The fourth-order valence-electron chi connectivity index (χ4n) is 3.02. The van der Waals surface area contributed by atoms with Gasteiger partial charge in [-0.1, -0.05) is 0 Å². The second kappa shape index (κ2) is 11.6. The third kappa shape index (κ3) is 6.92. The third-order valence-corrected chi connectivity index (χ3v) is 4.74. The number of ether oxygens (including phenoxy) is 2. The number of phenolic OH excluding ortho intramolecular Hbond substituents is 1. The average Bonchev–Trinajstić information content (AvgIpc) is 2.83. The van der Waals surface area contributed by atoms with Crippen LogP contribution in [0, 0.1) is 11.6 Å². The van der Waals surface area contributed by atoms with Gasteiger partial charge >= 0.3 is 0 Å². The Bertz CT molecular complexity index is 1250. The molecule has 4 N–H and O–H groups in total. The molecule has 0 saturated heterocycles. The first kappa shape index (κ1) is 25.9. The molecule has 1 unspecified atom stereocenters. The maximum absolute atomic E-state index is 13.3. The molecule has 0 aromatic heterocycles. The van der Waals surface area contributed by atoms with Crippen molar-refractivity contribution in [2.75, 3.05) is 11.9 Å². The van der Waals surface area contributed by atoms with Gasteiger partial charge in [0.15, 0.2) is 6.10 Å². The van der Waals surface area contributed by atoms with Gasteiger partial charge in [-0.3, -0.25) is 25.2 Å². The van der Waals surface area contributed by atoms with Gasteiger partial charge in [0.2, 0.25) is 0 Å². The Morgan fingerprint density at radius 1 is 0.889 bits per heavy atom. The van der Waals surface area contributed by atoms with E-state index in [0.717, 1.165) is 18.2 Å². The van der Waals surface area contributed by atoms with Crippen LogP contribution in [0.1, 0.15) is 34.6 Å². The zero-order valence-corrected chi connectivity index (χ0v) is 19.3. The summed E-state index contributed by atoms with van der Waals surface area (Å²) in [5.41, 5.74) is 3.96. The van der Waals surface area contributed by atoms with Crippen molar-refractivity contribution in [2.24, 2.45) is 0 Å². The summed E-state index contributed by atoms with van der Waals surface area (Å²) >= 11 is 0.